The number of carbonyl (C=O) groups excluding carboxylic acids is 3. The van der Waals surface area contributed by atoms with Gasteiger partial charge in [0.25, 0.3) is 17.6 Å². The first-order valence-electron chi connectivity index (χ1n) is 12.4. The summed E-state index contributed by atoms with van der Waals surface area (Å²) in [5.41, 5.74) is 9.42. The third-order valence-electron chi connectivity index (χ3n) is 6.55. The second-order valence-corrected chi connectivity index (χ2v) is 10.1. The van der Waals surface area contributed by atoms with Gasteiger partial charge in [-0.05, 0) is 58.0 Å². The number of hydrogen-bond donors (Lipinski definition) is 2. The zero-order valence-corrected chi connectivity index (χ0v) is 22.2. The summed E-state index contributed by atoms with van der Waals surface area (Å²) in [6, 6.07) is 18.3. The standard InChI is InChI=1S/C31H31N3O4/c1-6-20-12-11-18(17-33-20)21-13-14-24(23-10-8-7-9-22(21)23)27(35)30(37)34-26-16-19(31(2,3)4)15-25(29(32)36)28(26)38-5/h7-17H,6H2,1-5H3,(H2,32,36)(H,34,37). The highest BCUT2D eigenvalue weighted by Gasteiger charge is 2.26. The highest BCUT2D eigenvalue weighted by atomic mass is 16.5. The molecule has 0 bridgehead atoms. The van der Waals surface area contributed by atoms with Gasteiger partial charge in [-0.25, -0.2) is 0 Å². The molecular weight excluding hydrogens is 478 g/mol. The van der Waals surface area contributed by atoms with E-state index >= 15 is 0 Å². The van der Waals surface area contributed by atoms with Gasteiger partial charge in [-0.3, -0.25) is 19.4 Å². The zero-order chi connectivity index (χ0) is 27.6. The maximum Gasteiger partial charge on any atom is 0.296 e. The van der Waals surface area contributed by atoms with Crippen molar-refractivity contribution in [2.24, 2.45) is 5.73 Å². The van der Waals surface area contributed by atoms with Gasteiger partial charge in [0.05, 0.1) is 18.4 Å². The van der Waals surface area contributed by atoms with E-state index in [2.05, 4.69) is 10.3 Å². The van der Waals surface area contributed by atoms with Crippen LogP contribution in [0.25, 0.3) is 21.9 Å². The van der Waals surface area contributed by atoms with E-state index < -0.39 is 17.6 Å². The minimum atomic E-state index is -0.850. The number of aryl methyl sites for hydroxylation is 1. The Bertz CT molecular complexity index is 1550. The van der Waals surface area contributed by atoms with Crippen LogP contribution in [0.1, 0.15) is 59.7 Å². The highest BCUT2D eigenvalue weighted by Crippen LogP contribution is 2.36. The van der Waals surface area contributed by atoms with E-state index in [1.54, 1.807) is 18.2 Å². The van der Waals surface area contributed by atoms with E-state index in [1.807, 2.05) is 76.4 Å². The third-order valence-corrected chi connectivity index (χ3v) is 6.55. The van der Waals surface area contributed by atoms with Gasteiger partial charge in [0.2, 0.25) is 0 Å². The lowest BCUT2D eigenvalue weighted by Gasteiger charge is -2.23. The lowest BCUT2D eigenvalue weighted by Crippen LogP contribution is -2.25. The number of carbonyl (C=O) groups is 3. The summed E-state index contributed by atoms with van der Waals surface area (Å²) >= 11 is 0. The Kier molecular flexibility index (Phi) is 7.30. The molecule has 2 amide bonds. The van der Waals surface area contributed by atoms with Gasteiger partial charge >= 0.3 is 0 Å². The van der Waals surface area contributed by atoms with E-state index in [-0.39, 0.29) is 28.0 Å². The molecule has 3 N–H and O–H groups in total. The first kappa shape index (κ1) is 26.5. The fourth-order valence-corrected chi connectivity index (χ4v) is 4.40. The predicted molar refractivity (Wildman–Crippen MR) is 150 cm³/mol. The number of ether oxygens (including phenoxy) is 1. The van der Waals surface area contributed by atoms with Crippen molar-refractivity contribution in [1.29, 1.82) is 0 Å². The van der Waals surface area contributed by atoms with Crippen LogP contribution in [0.5, 0.6) is 5.75 Å². The van der Waals surface area contributed by atoms with E-state index in [1.165, 1.54) is 7.11 Å². The Hall–Kier alpha value is -4.52. The number of hydrogen-bond acceptors (Lipinski definition) is 5. The molecule has 4 rings (SSSR count). The number of pyridine rings is 1. The second-order valence-electron chi connectivity index (χ2n) is 10.1. The van der Waals surface area contributed by atoms with Crippen molar-refractivity contribution in [2.75, 3.05) is 12.4 Å². The number of amides is 2. The minimum absolute atomic E-state index is 0.106. The molecular formula is C31H31N3O4. The first-order valence-corrected chi connectivity index (χ1v) is 12.4. The summed E-state index contributed by atoms with van der Waals surface area (Å²) in [5.74, 6) is -2.15. The number of nitrogens with one attached hydrogen (secondary N) is 1. The quantitative estimate of drug-likeness (QED) is 0.246. The zero-order valence-electron chi connectivity index (χ0n) is 22.2. The minimum Gasteiger partial charge on any atom is -0.494 e. The number of Topliss-reactive ketones (excluding diaryl/α,β-unsaturated/α-hetero) is 1. The van der Waals surface area contributed by atoms with Crippen LogP contribution < -0.4 is 15.8 Å². The van der Waals surface area contributed by atoms with E-state index in [4.69, 9.17) is 10.5 Å². The molecule has 0 unspecified atom stereocenters. The van der Waals surface area contributed by atoms with Crippen LogP contribution >= 0.6 is 0 Å². The molecule has 1 heterocycles. The summed E-state index contributed by atoms with van der Waals surface area (Å²) in [6.07, 6.45) is 2.66. The molecule has 7 nitrogen and oxygen atoms in total. The molecule has 3 aromatic carbocycles. The van der Waals surface area contributed by atoms with Crippen LogP contribution in [-0.2, 0) is 16.6 Å². The number of benzene rings is 3. The van der Waals surface area contributed by atoms with Crippen LogP contribution in [0, 0.1) is 0 Å². The molecule has 0 aliphatic carbocycles. The van der Waals surface area contributed by atoms with Crippen molar-refractivity contribution < 1.29 is 19.1 Å². The molecule has 194 valence electrons. The van der Waals surface area contributed by atoms with Crippen molar-refractivity contribution >= 4 is 34.1 Å². The Morgan fingerprint density at radius 2 is 1.66 bits per heavy atom. The van der Waals surface area contributed by atoms with Gasteiger partial charge in [-0.1, -0.05) is 64.1 Å². The van der Waals surface area contributed by atoms with E-state index in [9.17, 15) is 14.4 Å². The van der Waals surface area contributed by atoms with Gasteiger partial charge in [0.1, 0.15) is 0 Å². The Morgan fingerprint density at radius 1 is 0.947 bits per heavy atom. The summed E-state index contributed by atoms with van der Waals surface area (Å²) in [6.45, 7) is 7.95. The number of methoxy groups -OCH3 is 1. The number of aromatic nitrogens is 1. The average molecular weight is 510 g/mol. The van der Waals surface area contributed by atoms with Crippen LogP contribution in [0.4, 0.5) is 5.69 Å². The van der Waals surface area contributed by atoms with Crippen LogP contribution in [0.15, 0.2) is 66.9 Å². The average Bonchev–Trinajstić information content (AvgIpc) is 2.91. The topological polar surface area (TPSA) is 111 Å². The van der Waals surface area contributed by atoms with E-state index in [0.29, 0.717) is 5.39 Å². The lowest BCUT2D eigenvalue weighted by atomic mass is 9.85. The fraction of sp³-hybridized carbons (Fsp3) is 0.226. The van der Waals surface area contributed by atoms with E-state index in [0.717, 1.165) is 34.2 Å². The highest BCUT2D eigenvalue weighted by molar-refractivity contribution is 6.48. The second kappa shape index (κ2) is 10.5. The predicted octanol–water partition coefficient (Wildman–Crippen LogP) is 5.69. The SMILES string of the molecule is CCc1ccc(-c2ccc(C(=O)C(=O)Nc3cc(C(C)(C)C)cc(C(N)=O)c3OC)c3ccccc23)cn1. The molecule has 7 heteroatoms. The molecule has 0 atom stereocenters. The molecule has 0 saturated carbocycles. The summed E-state index contributed by atoms with van der Waals surface area (Å²) < 4.78 is 5.41. The number of nitrogens with two attached hydrogens (primary N) is 1. The fourth-order valence-electron chi connectivity index (χ4n) is 4.40. The summed E-state index contributed by atoms with van der Waals surface area (Å²) in [4.78, 5) is 43.3. The number of primary amides is 1. The maximum absolute atomic E-state index is 13.4. The molecule has 0 fully saturated rings. The third kappa shape index (κ3) is 5.13. The number of nitrogens with zero attached hydrogens (tertiary/aromatic N) is 1. The molecule has 0 saturated heterocycles. The molecule has 38 heavy (non-hydrogen) atoms. The number of fused-ring (bicyclic) bond motifs is 1. The Labute approximate surface area is 222 Å². The van der Waals surface area contributed by atoms with Crippen molar-refractivity contribution in [2.45, 2.75) is 39.5 Å². The summed E-state index contributed by atoms with van der Waals surface area (Å²) in [7, 11) is 1.38. The number of rotatable bonds is 7. The van der Waals surface area contributed by atoms with Gasteiger partial charge in [0.15, 0.2) is 5.75 Å². The lowest BCUT2D eigenvalue weighted by molar-refractivity contribution is -0.112. The van der Waals surface area contributed by atoms with Gasteiger partial charge < -0.3 is 15.8 Å². The van der Waals surface area contributed by atoms with Crippen LogP contribution in [-0.4, -0.2) is 29.7 Å². The van der Waals surface area contributed by atoms with Crippen LogP contribution in [0.2, 0.25) is 0 Å². The largest absolute Gasteiger partial charge is 0.494 e. The van der Waals surface area contributed by atoms with Gasteiger partial charge in [-0.15, -0.1) is 0 Å². The Balaban J connectivity index is 1.75. The normalized spacial score (nSPS) is 11.3. The smallest absolute Gasteiger partial charge is 0.296 e. The van der Waals surface area contributed by atoms with Crippen molar-refractivity contribution in [3.8, 4) is 16.9 Å². The van der Waals surface area contributed by atoms with Crippen molar-refractivity contribution in [1.82, 2.24) is 4.98 Å². The molecule has 0 aliphatic rings. The number of ketones is 1. The summed E-state index contributed by atoms with van der Waals surface area (Å²) in [5, 5.41) is 4.14. The van der Waals surface area contributed by atoms with Gasteiger partial charge in [-0.2, -0.15) is 0 Å². The molecule has 0 spiro atoms. The monoisotopic (exact) mass is 509 g/mol. The molecule has 0 aliphatic heterocycles. The molecule has 4 aromatic rings. The Morgan fingerprint density at radius 3 is 2.24 bits per heavy atom. The van der Waals surface area contributed by atoms with Crippen molar-refractivity contribution in [3.63, 3.8) is 0 Å². The first-order chi connectivity index (χ1) is 18.0. The molecule has 1 aromatic heterocycles. The maximum atomic E-state index is 13.4. The van der Waals surface area contributed by atoms with Crippen LogP contribution in [0.3, 0.4) is 0 Å². The number of anilines is 1. The van der Waals surface area contributed by atoms with Crippen molar-refractivity contribution in [3.05, 3.63) is 89.2 Å². The van der Waals surface area contributed by atoms with Gasteiger partial charge in [0, 0.05) is 23.0 Å². The molecule has 0 radical (unpaired) electrons.